The first-order valence-electron chi connectivity index (χ1n) is 3.50. The topological polar surface area (TPSA) is 48.1 Å². The van der Waals surface area contributed by atoms with E-state index in [1.54, 1.807) is 6.92 Å². The minimum Gasteiger partial charge on any atom is -0.477 e. The SMILES string of the molecule is CCOc1nc(F)c(Cl)c(N)c1Cl. The molecule has 0 atom stereocenters. The molecule has 13 heavy (non-hydrogen) atoms. The van der Waals surface area contributed by atoms with Crippen molar-refractivity contribution in [2.24, 2.45) is 0 Å². The van der Waals surface area contributed by atoms with Crippen molar-refractivity contribution in [3.63, 3.8) is 0 Å². The Balaban J connectivity index is 3.24. The first kappa shape index (κ1) is 10.3. The lowest BCUT2D eigenvalue weighted by Crippen LogP contribution is -2.01. The summed E-state index contributed by atoms with van der Waals surface area (Å²) in [5, 5.41) is -0.248. The van der Waals surface area contributed by atoms with E-state index >= 15 is 0 Å². The third-order valence-electron chi connectivity index (χ3n) is 1.32. The number of ether oxygens (including phenoxy) is 1. The van der Waals surface area contributed by atoms with Crippen molar-refractivity contribution in [2.75, 3.05) is 12.3 Å². The van der Waals surface area contributed by atoms with Crippen LogP contribution in [0.3, 0.4) is 0 Å². The molecule has 72 valence electrons. The molecule has 2 N–H and O–H groups in total. The highest BCUT2D eigenvalue weighted by Gasteiger charge is 2.15. The van der Waals surface area contributed by atoms with E-state index in [-0.39, 0.29) is 21.6 Å². The highest BCUT2D eigenvalue weighted by Crippen LogP contribution is 2.34. The number of nitrogen functional groups attached to an aromatic ring is 1. The van der Waals surface area contributed by atoms with Crippen LogP contribution in [0.1, 0.15) is 6.92 Å². The Morgan fingerprint density at radius 2 is 2.08 bits per heavy atom. The zero-order valence-electron chi connectivity index (χ0n) is 6.77. The van der Waals surface area contributed by atoms with Crippen molar-refractivity contribution in [1.82, 2.24) is 4.98 Å². The molecule has 0 saturated heterocycles. The van der Waals surface area contributed by atoms with Crippen LogP contribution in [0.25, 0.3) is 0 Å². The van der Waals surface area contributed by atoms with Gasteiger partial charge in [-0.05, 0) is 6.92 Å². The minimum absolute atomic E-state index is 0.0354. The average Bonchev–Trinajstić information content (AvgIpc) is 2.11. The van der Waals surface area contributed by atoms with Crippen molar-refractivity contribution >= 4 is 28.9 Å². The van der Waals surface area contributed by atoms with Crippen LogP contribution in [0.15, 0.2) is 0 Å². The molecule has 1 heterocycles. The number of nitrogens with two attached hydrogens (primary N) is 1. The zero-order valence-corrected chi connectivity index (χ0v) is 8.29. The molecule has 1 aromatic heterocycles. The summed E-state index contributed by atoms with van der Waals surface area (Å²) in [6, 6.07) is 0. The molecule has 3 nitrogen and oxygen atoms in total. The second kappa shape index (κ2) is 3.98. The van der Waals surface area contributed by atoms with E-state index in [4.69, 9.17) is 33.7 Å². The van der Waals surface area contributed by atoms with Gasteiger partial charge in [0.25, 0.3) is 0 Å². The van der Waals surface area contributed by atoms with Gasteiger partial charge in [0, 0.05) is 0 Å². The average molecular weight is 225 g/mol. The molecule has 0 saturated carbocycles. The summed E-state index contributed by atoms with van der Waals surface area (Å²) < 4.78 is 17.8. The summed E-state index contributed by atoms with van der Waals surface area (Å²) in [6.07, 6.45) is 0. The number of halogens is 3. The van der Waals surface area contributed by atoms with Crippen LogP contribution in [-0.4, -0.2) is 11.6 Å². The Morgan fingerprint density at radius 3 is 2.62 bits per heavy atom. The van der Waals surface area contributed by atoms with Crippen LogP contribution in [-0.2, 0) is 0 Å². The molecule has 0 radical (unpaired) electrons. The van der Waals surface area contributed by atoms with Crippen LogP contribution in [0.5, 0.6) is 5.88 Å². The van der Waals surface area contributed by atoms with Gasteiger partial charge in [-0.2, -0.15) is 9.37 Å². The minimum atomic E-state index is -0.882. The molecule has 0 bridgehead atoms. The van der Waals surface area contributed by atoms with Crippen LogP contribution < -0.4 is 10.5 Å². The molecule has 1 aromatic rings. The summed E-state index contributed by atoms with van der Waals surface area (Å²) >= 11 is 11.1. The van der Waals surface area contributed by atoms with E-state index < -0.39 is 5.95 Å². The van der Waals surface area contributed by atoms with Crippen LogP contribution >= 0.6 is 23.2 Å². The predicted octanol–water partition coefficient (Wildman–Crippen LogP) is 2.51. The van der Waals surface area contributed by atoms with Gasteiger partial charge < -0.3 is 10.5 Å². The highest BCUT2D eigenvalue weighted by atomic mass is 35.5. The largest absolute Gasteiger partial charge is 0.477 e. The van der Waals surface area contributed by atoms with Gasteiger partial charge in [0.1, 0.15) is 10.0 Å². The van der Waals surface area contributed by atoms with Gasteiger partial charge in [0.15, 0.2) is 0 Å². The molecule has 0 spiro atoms. The lowest BCUT2D eigenvalue weighted by atomic mass is 10.4. The van der Waals surface area contributed by atoms with E-state index in [1.807, 2.05) is 0 Å². The van der Waals surface area contributed by atoms with E-state index in [9.17, 15) is 4.39 Å². The van der Waals surface area contributed by atoms with Gasteiger partial charge >= 0.3 is 0 Å². The number of hydrogen-bond donors (Lipinski definition) is 1. The first-order valence-corrected chi connectivity index (χ1v) is 4.26. The number of hydrogen-bond acceptors (Lipinski definition) is 3. The fraction of sp³-hybridized carbons (Fsp3) is 0.286. The first-order chi connectivity index (χ1) is 6.07. The van der Waals surface area contributed by atoms with Gasteiger partial charge in [-0.15, -0.1) is 0 Å². The maximum Gasteiger partial charge on any atom is 0.237 e. The summed E-state index contributed by atoms with van der Waals surface area (Å²) in [6.45, 7) is 2.05. The number of pyridine rings is 1. The van der Waals surface area contributed by atoms with Gasteiger partial charge in [0.05, 0.1) is 12.3 Å². The Bertz CT molecular complexity index is 333. The number of aromatic nitrogens is 1. The molecule has 1 rings (SSSR count). The van der Waals surface area contributed by atoms with Gasteiger partial charge in [0.2, 0.25) is 11.8 Å². The molecule has 0 unspecified atom stereocenters. The number of nitrogens with zero attached hydrogens (tertiary/aromatic N) is 1. The van der Waals surface area contributed by atoms with E-state index in [0.717, 1.165) is 0 Å². The third-order valence-corrected chi connectivity index (χ3v) is 2.05. The summed E-state index contributed by atoms with van der Waals surface area (Å²) in [5.41, 5.74) is 5.33. The van der Waals surface area contributed by atoms with E-state index in [0.29, 0.717) is 6.61 Å². The zero-order chi connectivity index (χ0) is 10.0. The van der Waals surface area contributed by atoms with Crippen molar-refractivity contribution in [3.05, 3.63) is 16.0 Å². The van der Waals surface area contributed by atoms with E-state index in [2.05, 4.69) is 4.98 Å². The highest BCUT2D eigenvalue weighted by molar-refractivity contribution is 6.39. The lowest BCUT2D eigenvalue weighted by Gasteiger charge is -2.07. The number of rotatable bonds is 2. The third kappa shape index (κ3) is 1.95. The Hall–Kier alpha value is -0.740. The van der Waals surface area contributed by atoms with Crippen LogP contribution in [0.2, 0.25) is 10.0 Å². The van der Waals surface area contributed by atoms with Gasteiger partial charge in [-0.1, -0.05) is 23.2 Å². The predicted molar refractivity (Wildman–Crippen MR) is 49.8 cm³/mol. The van der Waals surface area contributed by atoms with Crippen LogP contribution in [0.4, 0.5) is 10.1 Å². The molecule has 6 heteroatoms. The molecule has 0 amide bonds. The van der Waals surface area contributed by atoms with Crippen LogP contribution in [0, 0.1) is 5.95 Å². The molecule has 0 aliphatic carbocycles. The molecular weight excluding hydrogens is 218 g/mol. The molecule has 0 aliphatic heterocycles. The maximum atomic E-state index is 12.9. The monoisotopic (exact) mass is 224 g/mol. The Labute approximate surface area is 84.6 Å². The van der Waals surface area contributed by atoms with Gasteiger partial charge in [-0.3, -0.25) is 0 Å². The summed E-state index contributed by atoms with van der Waals surface area (Å²) in [4.78, 5) is 3.39. The molecule has 0 fully saturated rings. The van der Waals surface area contributed by atoms with Crippen molar-refractivity contribution in [1.29, 1.82) is 0 Å². The van der Waals surface area contributed by atoms with Gasteiger partial charge in [-0.25, -0.2) is 0 Å². The molecule has 0 aliphatic rings. The molecular formula is C7H7Cl2FN2O. The summed E-state index contributed by atoms with van der Waals surface area (Å²) in [7, 11) is 0. The second-order valence-electron chi connectivity index (χ2n) is 2.18. The molecule has 0 aromatic carbocycles. The number of anilines is 1. The van der Waals surface area contributed by atoms with E-state index in [1.165, 1.54) is 0 Å². The summed E-state index contributed by atoms with van der Waals surface area (Å²) in [5.74, 6) is -0.921. The lowest BCUT2D eigenvalue weighted by molar-refractivity contribution is 0.321. The van der Waals surface area contributed by atoms with Crippen molar-refractivity contribution in [2.45, 2.75) is 6.92 Å². The fourth-order valence-corrected chi connectivity index (χ4v) is 1.12. The second-order valence-corrected chi connectivity index (χ2v) is 2.94. The standard InChI is InChI=1S/C7H7Cl2FN2O/c1-2-13-7-4(9)5(11)3(8)6(10)12-7/h2H2,1H3,(H2,11,12). The Morgan fingerprint density at radius 1 is 1.46 bits per heavy atom. The van der Waals surface area contributed by atoms with Crippen molar-refractivity contribution in [3.8, 4) is 5.88 Å². The quantitative estimate of drug-likeness (QED) is 0.786. The fourth-order valence-electron chi connectivity index (χ4n) is 0.742. The Kier molecular flexibility index (Phi) is 3.17. The smallest absolute Gasteiger partial charge is 0.237 e. The normalized spacial score (nSPS) is 10.2. The maximum absolute atomic E-state index is 12.9. The van der Waals surface area contributed by atoms with Crippen molar-refractivity contribution < 1.29 is 9.13 Å².